The van der Waals surface area contributed by atoms with Gasteiger partial charge >= 0.3 is 0 Å². The Labute approximate surface area is 198 Å². The zero-order chi connectivity index (χ0) is 22.8. The van der Waals surface area contributed by atoms with Gasteiger partial charge in [-0.3, -0.25) is 9.59 Å². The molecule has 2 aromatic rings. The second-order valence-electron chi connectivity index (χ2n) is 7.01. The van der Waals surface area contributed by atoms with Gasteiger partial charge in [-0.1, -0.05) is 73.3 Å². The summed E-state index contributed by atoms with van der Waals surface area (Å²) < 4.78 is 5.63. The van der Waals surface area contributed by atoms with Crippen molar-refractivity contribution >= 4 is 46.6 Å². The van der Waals surface area contributed by atoms with Gasteiger partial charge in [0.25, 0.3) is 5.91 Å². The van der Waals surface area contributed by atoms with Gasteiger partial charge in [0.15, 0.2) is 6.61 Å². The summed E-state index contributed by atoms with van der Waals surface area (Å²) in [5, 5.41) is 4.17. The fourth-order valence-corrected chi connectivity index (χ4v) is 3.77. The molecule has 0 radical (unpaired) electrons. The SMILES string of the molecule is CCCCNC(=O)C(CC)N(Cc1c(Cl)cccc1Cl)C(=O)COc1ccccc1Cl. The number of benzene rings is 2. The molecule has 1 unspecified atom stereocenters. The number of amides is 2. The number of halogens is 3. The first-order chi connectivity index (χ1) is 14.9. The maximum Gasteiger partial charge on any atom is 0.261 e. The van der Waals surface area contributed by atoms with Crippen LogP contribution in [0.25, 0.3) is 0 Å². The molecule has 168 valence electrons. The summed E-state index contributed by atoms with van der Waals surface area (Å²) in [5.41, 5.74) is 0.580. The Bertz CT molecular complexity index is 872. The third-order valence-electron chi connectivity index (χ3n) is 4.79. The number of carbonyl (C=O) groups is 2. The smallest absolute Gasteiger partial charge is 0.261 e. The Morgan fingerprint density at radius 3 is 2.26 bits per heavy atom. The molecule has 0 aliphatic rings. The molecule has 0 aliphatic carbocycles. The topological polar surface area (TPSA) is 58.6 Å². The van der Waals surface area contributed by atoms with Crippen molar-refractivity contribution in [2.75, 3.05) is 13.2 Å². The van der Waals surface area contributed by atoms with E-state index in [4.69, 9.17) is 39.5 Å². The molecule has 1 N–H and O–H groups in total. The predicted molar refractivity (Wildman–Crippen MR) is 126 cm³/mol. The van der Waals surface area contributed by atoms with Crippen LogP contribution in [0.2, 0.25) is 15.1 Å². The Balaban J connectivity index is 2.26. The Morgan fingerprint density at radius 1 is 1.00 bits per heavy atom. The number of hydrogen-bond donors (Lipinski definition) is 1. The molecule has 31 heavy (non-hydrogen) atoms. The molecule has 2 aromatic carbocycles. The maximum atomic E-state index is 13.2. The van der Waals surface area contributed by atoms with Gasteiger partial charge in [0.2, 0.25) is 5.91 Å². The van der Waals surface area contributed by atoms with Crippen molar-refractivity contribution in [3.8, 4) is 5.75 Å². The summed E-state index contributed by atoms with van der Waals surface area (Å²) in [5.74, 6) is -0.188. The van der Waals surface area contributed by atoms with E-state index in [1.165, 1.54) is 4.90 Å². The van der Waals surface area contributed by atoms with Crippen LogP contribution in [-0.2, 0) is 16.1 Å². The van der Waals surface area contributed by atoms with Crippen LogP contribution < -0.4 is 10.1 Å². The lowest BCUT2D eigenvalue weighted by molar-refractivity contribution is -0.143. The van der Waals surface area contributed by atoms with Crippen LogP contribution in [0.1, 0.15) is 38.7 Å². The van der Waals surface area contributed by atoms with Gasteiger partial charge in [-0.05, 0) is 37.1 Å². The van der Waals surface area contributed by atoms with Crippen LogP contribution in [0.15, 0.2) is 42.5 Å². The number of hydrogen-bond acceptors (Lipinski definition) is 3. The highest BCUT2D eigenvalue weighted by Crippen LogP contribution is 2.27. The van der Waals surface area contributed by atoms with E-state index < -0.39 is 6.04 Å². The summed E-state index contributed by atoms with van der Waals surface area (Å²) in [6, 6.07) is 11.3. The van der Waals surface area contributed by atoms with E-state index in [9.17, 15) is 9.59 Å². The third kappa shape index (κ3) is 7.30. The highest BCUT2D eigenvalue weighted by Gasteiger charge is 2.30. The van der Waals surface area contributed by atoms with E-state index in [0.717, 1.165) is 12.8 Å². The molecule has 1 atom stereocenters. The van der Waals surface area contributed by atoms with Crippen molar-refractivity contribution in [1.29, 1.82) is 0 Å². The number of nitrogens with one attached hydrogen (secondary N) is 1. The minimum atomic E-state index is -0.688. The largest absolute Gasteiger partial charge is 0.482 e. The van der Waals surface area contributed by atoms with Gasteiger partial charge < -0.3 is 15.0 Å². The maximum absolute atomic E-state index is 13.2. The van der Waals surface area contributed by atoms with Gasteiger partial charge in [0, 0.05) is 28.7 Å². The molecule has 8 heteroatoms. The molecule has 0 aromatic heterocycles. The first-order valence-electron chi connectivity index (χ1n) is 10.3. The standard InChI is InChI=1S/C23H27Cl3N2O3/c1-3-5-13-27-23(30)20(4-2)28(14-16-17(24)10-8-11-18(16)25)22(29)15-31-21-12-7-6-9-19(21)26/h6-12,20H,3-5,13-15H2,1-2H3,(H,27,30). The average Bonchev–Trinajstić information content (AvgIpc) is 2.75. The predicted octanol–water partition coefficient (Wildman–Crippen LogP) is 5.75. The van der Waals surface area contributed by atoms with Crippen LogP contribution in [0.3, 0.4) is 0 Å². The second kappa shape index (κ2) is 12.8. The van der Waals surface area contributed by atoms with Crippen LogP contribution in [0, 0.1) is 0 Å². The van der Waals surface area contributed by atoms with E-state index in [1.807, 2.05) is 13.8 Å². The summed E-state index contributed by atoms with van der Waals surface area (Å²) in [4.78, 5) is 27.5. The molecule has 0 saturated carbocycles. The number of ether oxygens (including phenoxy) is 1. The zero-order valence-electron chi connectivity index (χ0n) is 17.7. The summed E-state index contributed by atoms with van der Waals surface area (Å²) in [6.45, 7) is 4.27. The van der Waals surface area contributed by atoms with E-state index >= 15 is 0 Å². The van der Waals surface area contributed by atoms with E-state index in [0.29, 0.717) is 39.3 Å². The molecule has 2 rings (SSSR count). The van der Waals surface area contributed by atoms with Gasteiger partial charge in [0.1, 0.15) is 11.8 Å². The van der Waals surface area contributed by atoms with Crippen molar-refractivity contribution in [2.24, 2.45) is 0 Å². The molecule has 0 fully saturated rings. The van der Waals surface area contributed by atoms with Crippen LogP contribution in [-0.4, -0.2) is 35.9 Å². The third-order valence-corrected chi connectivity index (χ3v) is 5.81. The summed E-state index contributed by atoms with van der Waals surface area (Å²) >= 11 is 18.8. The van der Waals surface area contributed by atoms with E-state index in [-0.39, 0.29) is 25.0 Å². The number of para-hydroxylation sites is 1. The summed E-state index contributed by atoms with van der Waals surface area (Å²) in [7, 11) is 0. The quantitative estimate of drug-likeness (QED) is 0.412. The minimum Gasteiger partial charge on any atom is -0.482 e. The van der Waals surface area contributed by atoms with Crippen molar-refractivity contribution < 1.29 is 14.3 Å². The first kappa shape index (κ1) is 25.3. The van der Waals surface area contributed by atoms with Crippen LogP contribution in [0.4, 0.5) is 0 Å². The number of unbranched alkanes of at least 4 members (excludes halogenated alkanes) is 1. The normalized spacial score (nSPS) is 11.6. The highest BCUT2D eigenvalue weighted by atomic mass is 35.5. The summed E-state index contributed by atoms with van der Waals surface area (Å²) in [6.07, 6.45) is 2.25. The Hall–Kier alpha value is -1.95. The van der Waals surface area contributed by atoms with E-state index in [1.54, 1.807) is 42.5 Å². The molecule has 0 heterocycles. The molecule has 2 amide bonds. The molecule has 0 bridgehead atoms. The molecular weight excluding hydrogens is 459 g/mol. The number of carbonyl (C=O) groups excluding carboxylic acids is 2. The molecule has 5 nitrogen and oxygen atoms in total. The first-order valence-corrected chi connectivity index (χ1v) is 11.4. The molecule has 0 spiro atoms. The average molecular weight is 486 g/mol. The van der Waals surface area contributed by atoms with Crippen LogP contribution in [0.5, 0.6) is 5.75 Å². The minimum absolute atomic E-state index is 0.0862. The monoisotopic (exact) mass is 484 g/mol. The van der Waals surface area contributed by atoms with Gasteiger partial charge in [-0.2, -0.15) is 0 Å². The molecule has 0 saturated heterocycles. The van der Waals surface area contributed by atoms with Crippen molar-refractivity contribution in [3.05, 3.63) is 63.1 Å². The van der Waals surface area contributed by atoms with Gasteiger partial charge in [-0.25, -0.2) is 0 Å². The molecule has 0 aliphatic heterocycles. The lowest BCUT2D eigenvalue weighted by atomic mass is 10.1. The lowest BCUT2D eigenvalue weighted by Gasteiger charge is -2.31. The fourth-order valence-electron chi connectivity index (χ4n) is 3.06. The Morgan fingerprint density at radius 2 is 1.65 bits per heavy atom. The number of nitrogens with zero attached hydrogens (tertiary/aromatic N) is 1. The van der Waals surface area contributed by atoms with Crippen molar-refractivity contribution in [2.45, 2.75) is 45.7 Å². The highest BCUT2D eigenvalue weighted by molar-refractivity contribution is 6.36. The Kier molecular flexibility index (Phi) is 10.4. The lowest BCUT2D eigenvalue weighted by Crippen LogP contribution is -2.50. The molecular formula is C23H27Cl3N2O3. The van der Waals surface area contributed by atoms with Gasteiger partial charge in [-0.15, -0.1) is 0 Å². The second-order valence-corrected chi connectivity index (χ2v) is 8.23. The fraction of sp³-hybridized carbons (Fsp3) is 0.391. The van der Waals surface area contributed by atoms with Gasteiger partial charge in [0.05, 0.1) is 5.02 Å². The zero-order valence-corrected chi connectivity index (χ0v) is 19.9. The van der Waals surface area contributed by atoms with E-state index in [2.05, 4.69) is 5.32 Å². The van der Waals surface area contributed by atoms with Crippen molar-refractivity contribution in [1.82, 2.24) is 10.2 Å². The van der Waals surface area contributed by atoms with Crippen molar-refractivity contribution in [3.63, 3.8) is 0 Å². The van der Waals surface area contributed by atoms with Crippen LogP contribution >= 0.6 is 34.8 Å². The number of rotatable bonds is 11.